The summed E-state index contributed by atoms with van der Waals surface area (Å²) >= 11 is 0. The zero-order chi connectivity index (χ0) is 22.3. The van der Waals surface area contributed by atoms with Gasteiger partial charge in [-0.05, 0) is 25.0 Å². The van der Waals surface area contributed by atoms with Crippen LogP contribution in [0.1, 0.15) is 23.6 Å². The van der Waals surface area contributed by atoms with E-state index in [1.165, 1.54) is 11.9 Å². The minimum absolute atomic E-state index is 0.205. The molecule has 0 unspecified atom stereocenters. The molecule has 2 rings (SSSR count). The van der Waals surface area contributed by atoms with Crippen LogP contribution in [-0.4, -0.2) is 55.3 Å². The maximum atomic E-state index is 12.9. The Morgan fingerprint density at radius 1 is 1.00 bits per heavy atom. The van der Waals surface area contributed by atoms with E-state index in [0.29, 0.717) is 6.54 Å². The third kappa shape index (κ3) is 6.96. The molecule has 0 aromatic heterocycles. The Labute approximate surface area is 178 Å². The largest absolute Gasteiger partial charge is 0.350 e. The van der Waals surface area contributed by atoms with E-state index >= 15 is 0 Å². The van der Waals surface area contributed by atoms with Gasteiger partial charge in [0, 0.05) is 20.1 Å². The molecule has 30 heavy (non-hydrogen) atoms. The van der Waals surface area contributed by atoms with Gasteiger partial charge in [-0.1, -0.05) is 60.2 Å². The molecule has 2 amide bonds. The summed E-state index contributed by atoms with van der Waals surface area (Å²) in [7, 11) is -2.17. The van der Waals surface area contributed by atoms with Crippen molar-refractivity contribution in [2.45, 2.75) is 33.0 Å². The Hall–Kier alpha value is -2.71. The highest BCUT2D eigenvalue weighted by Gasteiger charge is 2.28. The predicted molar refractivity (Wildman–Crippen MR) is 117 cm³/mol. The molecule has 0 saturated heterocycles. The number of likely N-dealkylation sites (N-methyl/N-ethyl adjacent to an activating group) is 1. The van der Waals surface area contributed by atoms with Crippen LogP contribution in [0.4, 0.5) is 0 Å². The molecule has 0 aliphatic heterocycles. The molecule has 1 N–H and O–H groups in total. The summed E-state index contributed by atoms with van der Waals surface area (Å²) in [5.41, 5.74) is 2.94. The van der Waals surface area contributed by atoms with Crippen molar-refractivity contribution < 1.29 is 18.0 Å². The molecular weight excluding hydrogens is 402 g/mol. The van der Waals surface area contributed by atoms with E-state index in [0.717, 1.165) is 27.3 Å². The number of hydrogen-bond acceptors (Lipinski definition) is 4. The first-order chi connectivity index (χ1) is 14.1. The van der Waals surface area contributed by atoms with Crippen molar-refractivity contribution in [1.29, 1.82) is 0 Å². The van der Waals surface area contributed by atoms with Gasteiger partial charge in [0.15, 0.2) is 0 Å². The van der Waals surface area contributed by atoms with Crippen LogP contribution in [0.25, 0.3) is 0 Å². The van der Waals surface area contributed by atoms with Gasteiger partial charge in [-0.3, -0.25) is 9.59 Å². The van der Waals surface area contributed by atoms with Crippen molar-refractivity contribution >= 4 is 21.8 Å². The van der Waals surface area contributed by atoms with E-state index in [-0.39, 0.29) is 19.0 Å². The van der Waals surface area contributed by atoms with E-state index in [4.69, 9.17) is 0 Å². The number of amides is 2. The van der Waals surface area contributed by atoms with Crippen LogP contribution >= 0.6 is 0 Å². The van der Waals surface area contributed by atoms with Crippen molar-refractivity contribution in [3.8, 4) is 0 Å². The lowest BCUT2D eigenvalue weighted by atomic mass is 10.1. The number of nitrogens with one attached hydrogen (secondary N) is 1. The lowest BCUT2D eigenvalue weighted by molar-refractivity contribution is -0.140. The second-order valence-corrected chi connectivity index (χ2v) is 9.50. The predicted octanol–water partition coefficient (Wildman–Crippen LogP) is 1.92. The number of carbonyl (C=O) groups is 2. The minimum atomic E-state index is -3.51. The van der Waals surface area contributed by atoms with Gasteiger partial charge in [0.1, 0.15) is 6.04 Å². The maximum absolute atomic E-state index is 12.9. The third-order valence-electron chi connectivity index (χ3n) is 4.87. The molecule has 0 spiro atoms. The van der Waals surface area contributed by atoms with E-state index < -0.39 is 22.0 Å². The topological polar surface area (TPSA) is 86.8 Å². The first-order valence-electron chi connectivity index (χ1n) is 9.66. The van der Waals surface area contributed by atoms with Gasteiger partial charge in [0.25, 0.3) is 0 Å². The third-order valence-corrected chi connectivity index (χ3v) is 6.14. The molecule has 0 bridgehead atoms. The number of aryl methyl sites for hydroxylation is 1. The summed E-state index contributed by atoms with van der Waals surface area (Å²) in [5.74, 6) is -0.744. The standard InChI is InChI=1S/C22H29N3O4S/c1-17-10-12-19(13-11-17)14-23-22(27)18(2)25(15-20-8-6-5-7-9-20)21(26)16-24(3)30(4,28)29/h5-13,18H,14-16H2,1-4H3,(H,23,27)/t18-/m1/s1. The van der Waals surface area contributed by atoms with E-state index in [1.54, 1.807) is 6.92 Å². The number of carbonyl (C=O) groups excluding carboxylic acids is 2. The summed E-state index contributed by atoms with van der Waals surface area (Å²) in [6.07, 6.45) is 1.04. The zero-order valence-corrected chi connectivity index (χ0v) is 18.6. The van der Waals surface area contributed by atoms with Crippen molar-refractivity contribution in [1.82, 2.24) is 14.5 Å². The smallest absolute Gasteiger partial charge is 0.242 e. The number of sulfonamides is 1. The second-order valence-electron chi connectivity index (χ2n) is 7.41. The van der Waals surface area contributed by atoms with Crippen LogP contribution in [-0.2, 0) is 32.7 Å². The first-order valence-corrected chi connectivity index (χ1v) is 11.5. The average molecular weight is 432 g/mol. The normalized spacial score (nSPS) is 12.4. The lowest BCUT2D eigenvalue weighted by Gasteiger charge is -2.30. The Kier molecular flexibility index (Phi) is 8.14. The van der Waals surface area contributed by atoms with Crippen LogP contribution in [0.3, 0.4) is 0 Å². The Morgan fingerprint density at radius 3 is 2.17 bits per heavy atom. The highest BCUT2D eigenvalue weighted by atomic mass is 32.2. The molecule has 0 fully saturated rings. The average Bonchev–Trinajstić information content (AvgIpc) is 2.70. The molecule has 1 atom stereocenters. The van der Waals surface area contributed by atoms with Crippen molar-refractivity contribution in [3.63, 3.8) is 0 Å². The quantitative estimate of drug-likeness (QED) is 0.657. The summed E-state index contributed by atoms with van der Waals surface area (Å²) in [4.78, 5) is 27.1. The SMILES string of the molecule is Cc1ccc(CNC(=O)[C@@H](C)N(Cc2ccccc2)C(=O)CN(C)S(C)(=O)=O)cc1. The molecule has 2 aromatic rings. The number of hydrogen-bond donors (Lipinski definition) is 1. The summed E-state index contributed by atoms with van der Waals surface area (Å²) in [6, 6.07) is 16.3. The summed E-state index contributed by atoms with van der Waals surface area (Å²) < 4.78 is 24.4. The molecule has 0 radical (unpaired) electrons. The number of rotatable bonds is 9. The molecule has 8 heteroatoms. The van der Waals surface area contributed by atoms with Gasteiger partial charge >= 0.3 is 0 Å². The van der Waals surface area contributed by atoms with Crippen molar-refractivity contribution in [3.05, 3.63) is 71.3 Å². The highest BCUT2D eigenvalue weighted by Crippen LogP contribution is 2.11. The van der Waals surface area contributed by atoms with Gasteiger partial charge in [0.05, 0.1) is 12.8 Å². The van der Waals surface area contributed by atoms with Crippen molar-refractivity contribution in [2.24, 2.45) is 0 Å². The molecule has 0 heterocycles. The van der Waals surface area contributed by atoms with E-state index in [2.05, 4.69) is 5.32 Å². The minimum Gasteiger partial charge on any atom is -0.350 e. The van der Waals surface area contributed by atoms with Crippen LogP contribution in [0, 0.1) is 6.92 Å². The molecule has 0 aliphatic carbocycles. The van der Waals surface area contributed by atoms with Gasteiger partial charge in [-0.15, -0.1) is 0 Å². The van der Waals surface area contributed by atoms with E-state index in [9.17, 15) is 18.0 Å². The van der Waals surface area contributed by atoms with Crippen molar-refractivity contribution in [2.75, 3.05) is 19.8 Å². The monoisotopic (exact) mass is 431 g/mol. The summed E-state index contributed by atoms with van der Waals surface area (Å²) in [5, 5.41) is 2.86. The molecular formula is C22H29N3O4S. The Morgan fingerprint density at radius 2 is 1.60 bits per heavy atom. The van der Waals surface area contributed by atoms with Crippen LogP contribution in [0.5, 0.6) is 0 Å². The number of benzene rings is 2. The molecule has 0 aliphatic rings. The first kappa shape index (κ1) is 23.6. The summed E-state index contributed by atoms with van der Waals surface area (Å²) in [6.45, 7) is 3.86. The van der Waals surface area contributed by atoms with Gasteiger partial charge in [-0.2, -0.15) is 4.31 Å². The molecule has 0 saturated carbocycles. The maximum Gasteiger partial charge on any atom is 0.242 e. The van der Waals surface area contributed by atoms with Gasteiger partial charge < -0.3 is 10.2 Å². The fourth-order valence-corrected chi connectivity index (χ4v) is 3.15. The van der Waals surface area contributed by atoms with Gasteiger partial charge in [0.2, 0.25) is 21.8 Å². The second kappa shape index (κ2) is 10.4. The fourth-order valence-electron chi connectivity index (χ4n) is 2.80. The lowest BCUT2D eigenvalue weighted by Crippen LogP contribution is -2.50. The highest BCUT2D eigenvalue weighted by molar-refractivity contribution is 7.88. The van der Waals surface area contributed by atoms with Crippen LogP contribution < -0.4 is 5.32 Å². The van der Waals surface area contributed by atoms with Gasteiger partial charge in [-0.25, -0.2) is 8.42 Å². The molecule has 2 aromatic carbocycles. The zero-order valence-electron chi connectivity index (χ0n) is 17.8. The Bertz CT molecular complexity index is 960. The molecule has 162 valence electrons. The number of nitrogens with zero attached hydrogens (tertiary/aromatic N) is 2. The molecule has 7 nitrogen and oxygen atoms in total. The van der Waals surface area contributed by atoms with Crippen LogP contribution in [0.2, 0.25) is 0 Å². The van der Waals surface area contributed by atoms with E-state index in [1.807, 2.05) is 61.5 Å². The van der Waals surface area contributed by atoms with Crippen LogP contribution in [0.15, 0.2) is 54.6 Å². The fraction of sp³-hybridized carbons (Fsp3) is 0.364. The Balaban J connectivity index is 2.13.